The van der Waals surface area contributed by atoms with Gasteiger partial charge >= 0.3 is 0 Å². The maximum absolute atomic E-state index is 9.37. The smallest absolute Gasteiger partial charge is 0.129 e. The summed E-state index contributed by atoms with van der Waals surface area (Å²) in [6.07, 6.45) is 0.380. The molecule has 2 N–H and O–H groups in total. The zero-order chi connectivity index (χ0) is 10.8. The van der Waals surface area contributed by atoms with Crippen LogP contribution >= 0.6 is 11.6 Å². The van der Waals surface area contributed by atoms with Gasteiger partial charge in [0.05, 0.1) is 12.2 Å². The maximum Gasteiger partial charge on any atom is 0.129 e. The Morgan fingerprint density at radius 2 is 2.07 bits per heavy atom. The minimum atomic E-state index is -0.637. The highest BCUT2D eigenvalue weighted by Crippen LogP contribution is 2.15. The molecule has 1 aromatic heterocycles. The van der Waals surface area contributed by atoms with Gasteiger partial charge in [-0.3, -0.25) is 4.90 Å². The Morgan fingerprint density at radius 3 is 2.67 bits per heavy atom. The first-order chi connectivity index (χ1) is 7.15. The normalized spacial score (nSPS) is 27.1. The van der Waals surface area contributed by atoms with Crippen molar-refractivity contribution in [3.8, 4) is 0 Å². The second kappa shape index (κ2) is 4.45. The van der Waals surface area contributed by atoms with Crippen LogP contribution in [0, 0.1) is 0 Å². The third kappa shape index (κ3) is 2.66. The van der Waals surface area contributed by atoms with E-state index in [0.29, 0.717) is 24.8 Å². The first-order valence-corrected chi connectivity index (χ1v) is 5.22. The predicted octanol–water partition coefficient (Wildman–Crippen LogP) is 0.272. The van der Waals surface area contributed by atoms with Crippen molar-refractivity contribution in [1.29, 1.82) is 0 Å². The van der Waals surface area contributed by atoms with E-state index in [4.69, 9.17) is 11.6 Å². The molecule has 0 saturated carbocycles. The van der Waals surface area contributed by atoms with Gasteiger partial charge in [-0.2, -0.15) is 0 Å². The van der Waals surface area contributed by atoms with E-state index >= 15 is 0 Å². The van der Waals surface area contributed by atoms with E-state index in [-0.39, 0.29) is 0 Å². The van der Waals surface area contributed by atoms with Gasteiger partial charge in [-0.25, -0.2) is 4.98 Å². The fourth-order valence-electron chi connectivity index (χ4n) is 1.78. The molecule has 15 heavy (non-hydrogen) atoms. The average molecular weight is 229 g/mol. The Labute approximate surface area is 93.1 Å². The molecule has 2 heterocycles. The number of halogens is 1. The average Bonchev–Trinajstić information content (AvgIpc) is 2.45. The molecule has 2 rings (SSSR count). The third-order valence-electron chi connectivity index (χ3n) is 2.53. The number of aromatic nitrogens is 1. The number of likely N-dealkylation sites (tertiary alicyclic amines) is 1. The van der Waals surface area contributed by atoms with Gasteiger partial charge in [-0.15, -0.1) is 0 Å². The second-order valence-electron chi connectivity index (χ2n) is 3.82. The van der Waals surface area contributed by atoms with Crippen molar-refractivity contribution in [2.75, 3.05) is 13.1 Å². The lowest BCUT2D eigenvalue weighted by molar-refractivity contribution is 0.0572. The van der Waals surface area contributed by atoms with E-state index in [9.17, 15) is 10.2 Å². The standard InChI is InChI=1S/C10H13ClN2O2/c11-10-3-7(1-2-12-10)4-13-5-8(14)9(15)6-13/h1-3,8-9,14-15H,4-6H2/t8-,9+. The summed E-state index contributed by atoms with van der Waals surface area (Å²) < 4.78 is 0. The molecule has 2 atom stereocenters. The topological polar surface area (TPSA) is 56.6 Å². The van der Waals surface area contributed by atoms with Gasteiger partial charge in [-0.05, 0) is 17.7 Å². The first-order valence-electron chi connectivity index (χ1n) is 4.84. The van der Waals surface area contributed by atoms with Gasteiger partial charge in [0.2, 0.25) is 0 Å². The second-order valence-corrected chi connectivity index (χ2v) is 4.20. The maximum atomic E-state index is 9.37. The summed E-state index contributed by atoms with van der Waals surface area (Å²) >= 11 is 5.76. The van der Waals surface area contributed by atoms with Gasteiger partial charge in [0.15, 0.2) is 0 Å². The fourth-order valence-corrected chi connectivity index (χ4v) is 1.97. The van der Waals surface area contributed by atoms with E-state index in [2.05, 4.69) is 4.98 Å². The van der Waals surface area contributed by atoms with Crippen molar-refractivity contribution in [3.63, 3.8) is 0 Å². The predicted molar refractivity (Wildman–Crippen MR) is 56.5 cm³/mol. The van der Waals surface area contributed by atoms with Crippen LogP contribution in [0.1, 0.15) is 5.56 Å². The molecule has 82 valence electrons. The largest absolute Gasteiger partial charge is 0.389 e. The molecule has 0 spiro atoms. The molecule has 0 radical (unpaired) electrons. The van der Waals surface area contributed by atoms with Crippen molar-refractivity contribution >= 4 is 11.6 Å². The molecule has 0 aromatic carbocycles. The summed E-state index contributed by atoms with van der Waals surface area (Å²) in [7, 11) is 0. The Kier molecular flexibility index (Phi) is 3.21. The lowest BCUT2D eigenvalue weighted by Gasteiger charge is -2.14. The van der Waals surface area contributed by atoms with E-state index in [1.165, 1.54) is 0 Å². The molecule has 1 saturated heterocycles. The van der Waals surface area contributed by atoms with Crippen molar-refractivity contribution in [2.45, 2.75) is 18.8 Å². The molecule has 4 nitrogen and oxygen atoms in total. The Balaban J connectivity index is 1.98. The van der Waals surface area contributed by atoms with Gasteiger partial charge in [0.1, 0.15) is 5.15 Å². The van der Waals surface area contributed by atoms with Crippen LogP contribution in [0.3, 0.4) is 0 Å². The van der Waals surface area contributed by atoms with Crippen molar-refractivity contribution in [3.05, 3.63) is 29.0 Å². The minimum Gasteiger partial charge on any atom is -0.389 e. The third-order valence-corrected chi connectivity index (χ3v) is 2.74. The molecule has 0 aliphatic carbocycles. The number of pyridine rings is 1. The molecule has 5 heteroatoms. The summed E-state index contributed by atoms with van der Waals surface area (Å²) in [4.78, 5) is 5.88. The Bertz CT molecular complexity index is 338. The van der Waals surface area contributed by atoms with Crippen LogP contribution in [0.4, 0.5) is 0 Å². The zero-order valence-electron chi connectivity index (χ0n) is 8.17. The highest BCUT2D eigenvalue weighted by Gasteiger charge is 2.29. The van der Waals surface area contributed by atoms with E-state index in [0.717, 1.165) is 5.56 Å². The molecular formula is C10H13ClN2O2. The van der Waals surface area contributed by atoms with Crippen LogP contribution in [-0.2, 0) is 6.54 Å². The summed E-state index contributed by atoms with van der Waals surface area (Å²) in [5.41, 5.74) is 1.04. The van der Waals surface area contributed by atoms with Crippen LogP contribution in [-0.4, -0.2) is 45.4 Å². The molecular weight excluding hydrogens is 216 g/mol. The number of rotatable bonds is 2. The first kappa shape index (κ1) is 10.8. The van der Waals surface area contributed by atoms with Crippen molar-refractivity contribution in [2.24, 2.45) is 0 Å². The summed E-state index contributed by atoms with van der Waals surface area (Å²) in [5.74, 6) is 0. The Hall–Kier alpha value is -0.680. The van der Waals surface area contributed by atoms with Crippen molar-refractivity contribution < 1.29 is 10.2 Å². The van der Waals surface area contributed by atoms with Crippen LogP contribution in [0.2, 0.25) is 5.15 Å². The highest BCUT2D eigenvalue weighted by atomic mass is 35.5. The minimum absolute atomic E-state index is 0.466. The van der Waals surface area contributed by atoms with E-state index < -0.39 is 12.2 Å². The molecule has 0 amide bonds. The number of hydrogen-bond acceptors (Lipinski definition) is 4. The molecule has 1 aliphatic rings. The molecule has 1 fully saturated rings. The van der Waals surface area contributed by atoms with Gasteiger partial charge in [0, 0.05) is 25.8 Å². The van der Waals surface area contributed by atoms with Crippen molar-refractivity contribution in [1.82, 2.24) is 9.88 Å². The summed E-state index contributed by atoms with van der Waals surface area (Å²) in [5, 5.41) is 19.2. The van der Waals surface area contributed by atoms with Crippen LogP contribution < -0.4 is 0 Å². The molecule has 0 bridgehead atoms. The highest BCUT2D eigenvalue weighted by molar-refractivity contribution is 6.29. The Morgan fingerprint density at radius 1 is 1.40 bits per heavy atom. The summed E-state index contributed by atoms with van der Waals surface area (Å²) in [6.45, 7) is 1.68. The number of aliphatic hydroxyl groups is 2. The zero-order valence-corrected chi connectivity index (χ0v) is 8.93. The lowest BCUT2D eigenvalue weighted by atomic mass is 10.2. The number of aliphatic hydroxyl groups excluding tert-OH is 2. The fraction of sp³-hybridized carbons (Fsp3) is 0.500. The SMILES string of the molecule is O[C@@H]1CN(Cc2ccnc(Cl)c2)C[C@@H]1O. The van der Waals surface area contributed by atoms with Crippen LogP contribution in [0.15, 0.2) is 18.3 Å². The molecule has 1 aliphatic heterocycles. The van der Waals surface area contributed by atoms with Gasteiger partial charge in [-0.1, -0.05) is 11.6 Å². The summed E-state index contributed by atoms with van der Waals surface area (Å²) in [6, 6.07) is 3.67. The van der Waals surface area contributed by atoms with Gasteiger partial charge < -0.3 is 10.2 Å². The molecule has 0 unspecified atom stereocenters. The molecule has 1 aromatic rings. The lowest BCUT2D eigenvalue weighted by Crippen LogP contribution is -2.22. The monoisotopic (exact) mass is 228 g/mol. The van der Waals surface area contributed by atoms with E-state index in [1.54, 1.807) is 12.3 Å². The number of β-amino-alcohol motifs (C(OH)–C–C–N with tert-alkyl or cyclic N) is 2. The number of nitrogens with zero attached hydrogens (tertiary/aromatic N) is 2. The van der Waals surface area contributed by atoms with Gasteiger partial charge in [0.25, 0.3) is 0 Å². The van der Waals surface area contributed by atoms with E-state index in [1.807, 2.05) is 11.0 Å². The van der Waals surface area contributed by atoms with Crippen LogP contribution in [0.5, 0.6) is 0 Å². The van der Waals surface area contributed by atoms with Crippen LogP contribution in [0.25, 0.3) is 0 Å². The number of hydrogen-bond donors (Lipinski definition) is 2. The quantitative estimate of drug-likeness (QED) is 0.714.